The van der Waals surface area contributed by atoms with Crippen LogP contribution in [-0.2, 0) is 20.7 Å². The topological polar surface area (TPSA) is 63.6 Å². The van der Waals surface area contributed by atoms with Crippen molar-refractivity contribution in [2.75, 3.05) is 0 Å². The summed E-state index contributed by atoms with van der Waals surface area (Å²) in [7, 11) is 0. The molecule has 0 aliphatic rings. The number of benzene rings is 1. The summed E-state index contributed by atoms with van der Waals surface area (Å²) in [5.74, 6) is -1.01. The standard InChI is InChI=1S/C10H10O2.C6H12O2/c1-2-12-10(11)8-9-6-4-3-5-7-9;1-6(2,3)4-5(7)8/h2-7H,1,8H2;4H2,1-3H3,(H,7,8). The van der Waals surface area contributed by atoms with Gasteiger partial charge in [0.15, 0.2) is 0 Å². The Balaban J connectivity index is 0.000000396. The maximum atomic E-state index is 10.9. The lowest BCUT2D eigenvalue weighted by atomic mass is 9.93. The van der Waals surface area contributed by atoms with E-state index in [9.17, 15) is 9.59 Å². The maximum absolute atomic E-state index is 10.9. The SMILES string of the molecule is C=COC(=O)Cc1ccccc1.CC(C)(C)CC(=O)O. The Morgan fingerprint density at radius 3 is 2.15 bits per heavy atom. The van der Waals surface area contributed by atoms with Crippen LogP contribution in [0.5, 0.6) is 0 Å². The molecule has 1 aromatic carbocycles. The van der Waals surface area contributed by atoms with E-state index in [1.165, 1.54) is 0 Å². The average molecular weight is 278 g/mol. The van der Waals surface area contributed by atoms with Crippen molar-refractivity contribution in [2.45, 2.75) is 33.6 Å². The van der Waals surface area contributed by atoms with E-state index in [0.717, 1.165) is 11.8 Å². The second-order valence-corrected chi connectivity index (χ2v) is 5.45. The summed E-state index contributed by atoms with van der Waals surface area (Å²) in [4.78, 5) is 20.9. The number of esters is 1. The van der Waals surface area contributed by atoms with Crippen LogP contribution < -0.4 is 0 Å². The largest absolute Gasteiger partial charge is 0.481 e. The summed E-state index contributed by atoms with van der Waals surface area (Å²) in [5, 5.41) is 8.25. The first kappa shape index (κ1) is 17.9. The Hall–Kier alpha value is -2.10. The van der Waals surface area contributed by atoms with E-state index in [1.54, 1.807) is 0 Å². The number of ether oxygens (including phenoxy) is 1. The fraction of sp³-hybridized carbons (Fsp3) is 0.375. The van der Waals surface area contributed by atoms with Gasteiger partial charge in [-0.1, -0.05) is 57.7 Å². The van der Waals surface area contributed by atoms with Crippen molar-refractivity contribution in [1.29, 1.82) is 0 Å². The molecule has 0 saturated carbocycles. The van der Waals surface area contributed by atoms with Crippen LogP contribution in [0, 0.1) is 5.41 Å². The third kappa shape index (κ3) is 11.0. The highest BCUT2D eigenvalue weighted by Gasteiger charge is 2.13. The van der Waals surface area contributed by atoms with Crippen molar-refractivity contribution in [1.82, 2.24) is 0 Å². The smallest absolute Gasteiger partial charge is 0.315 e. The molecule has 0 bridgehead atoms. The summed E-state index contributed by atoms with van der Waals surface area (Å²) < 4.78 is 4.57. The van der Waals surface area contributed by atoms with Crippen molar-refractivity contribution in [3.63, 3.8) is 0 Å². The van der Waals surface area contributed by atoms with Gasteiger partial charge in [0.25, 0.3) is 0 Å². The minimum absolute atomic E-state index is 0.0775. The predicted octanol–water partition coefficient (Wildman–Crippen LogP) is 3.42. The predicted molar refractivity (Wildman–Crippen MR) is 78.1 cm³/mol. The molecule has 0 spiro atoms. The van der Waals surface area contributed by atoms with E-state index in [2.05, 4.69) is 11.3 Å². The molecule has 0 heterocycles. The number of rotatable bonds is 4. The molecule has 110 valence electrons. The van der Waals surface area contributed by atoms with Crippen LogP contribution in [0.1, 0.15) is 32.8 Å². The Morgan fingerprint density at radius 1 is 1.25 bits per heavy atom. The monoisotopic (exact) mass is 278 g/mol. The van der Waals surface area contributed by atoms with Crippen LogP contribution in [0.2, 0.25) is 0 Å². The quantitative estimate of drug-likeness (QED) is 0.677. The number of carboxylic acid groups (broad SMARTS) is 1. The molecule has 0 fully saturated rings. The second kappa shape index (κ2) is 8.91. The number of carbonyl (C=O) groups excluding carboxylic acids is 1. The number of hydrogen-bond acceptors (Lipinski definition) is 3. The van der Waals surface area contributed by atoms with Crippen LogP contribution in [0.25, 0.3) is 0 Å². The van der Waals surface area contributed by atoms with Crippen LogP contribution in [-0.4, -0.2) is 17.0 Å². The van der Waals surface area contributed by atoms with Crippen molar-refractivity contribution >= 4 is 11.9 Å². The molecular formula is C16H22O4. The fourth-order valence-electron chi connectivity index (χ4n) is 1.35. The summed E-state index contributed by atoms with van der Waals surface area (Å²) in [6.45, 7) is 9.01. The minimum Gasteiger partial charge on any atom is -0.481 e. The first-order valence-corrected chi connectivity index (χ1v) is 6.30. The molecule has 0 radical (unpaired) electrons. The first-order chi connectivity index (χ1) is 9.24. The molecule has 0 unspecified atom stereocenters. The Morgan fingerprint density at radius 2 is 1.80 bits per heavy atom. The van der Waals surface area contributed by atoms with Crippen molar-refractivity contribution in [3.8, 4) is 0 Å². The highest BCUT2D eigenvalue weighted by Crippen LogP contribution is 2.17. The lowest BCUT2D eigenvalue weighted by Gasteiger charge is -2.13. The van der Waals surface area contributed by atoms with Gasteiger partial charge >= 0.3 is 11.9 Å². The van der Waals surface area contributed by atoms with Crippen LogP contribution in [0.3, 0.4) is 0 Å². The fourth-order valence-corrected chi connectivity index (χ4v) is 1.35. The van der Waals surface area contributed by atoms with Crippen LogP contribution >= 0.6 is 0 Å². The molecule has 20 heavy (non-hydrogen) atoms. The van der Waals surface area contributed by atoms with Gasteiger partial charge in [-0.15, -0.1) is 0 Å². The summed E-state index contributed by atoms with van der Waals surface area (Å²) in [5.41, 5.74) is 0.871. The molecule has 0 aliphatic heterocycles. The molecule has 0 aliphatic carbocycles. The molecule has 0 atom stereocenters. The molecule has 4 nitrogen and oxygen atoms in total. The van der Waals surface area contributed by atoms with E-state index in [0.29, 0.717) is 6.42 Å². The number of aliphatic carboxylic acids is 1. The van der Waals surface area contributed by atoms with Gasteiger partial charge in [0.1, 0.15) is 0 Å². The molecule has 1 rings (SSSR count). The van der Waals surface area contributed by atoms with E-state index >= 15 is 0 Å². The van der Waals surface area contributed by atoms with Gasteiger partial charge < -0.3 is 9.84 Å². The van der Waals surface area contributed by atoms with Gasteiger partial charge in [0, 0.05) is 0 Å². The molecule has 0 aromatic heterocycles. The van der Waals surface area contributed by atoms with Crippen molar-refractivity contribution in [2.24, 2.45) is 5.41 Å². The number of hydrogen-bond donors (Lipinski definition) is 1. The van der Waals surface area contributed by atoms with Gasteiger partial charge in [-0.2, -0.15) is 0 Å². The summed E-state index contributed by atoms with van der Waals surface area (Å²) in [6.07, 6.45) is 1.69. The van der Waals surface area contributed by atoms with Gasteiger partial charge in [0.05, 0.1) is 19.1 Å². The third-order valence-corrected chi connectivity index (χ3v) is 2.09. The molecule has 4 heteroatoms. The van der Waals surface area contributed by atoms with E-state index in [-0.39, 0.29) is 17.8 Å². The van der Waals surface area contributed by atoms with E-state index < -0.39 is 5.97 Å². The normalized spacial score (nSPS) is 9.95. The zero-order chi connectivity index (χ0) is 15.6. The molecule has 0 amide bonds. The molecule has 1 N–H and O–H groups in total. The Labute approximate surface area is 120 Å². The van der Waals surface area contributed by atoms with Crippen LogP contribution in [0.4, 0.5) is 0 Å². The third-order valence-electron chi connectivity index (χ3n) is 2.09. The summed E-state index contributed by atoms with van der Waals surface area (Å²) >= 11 is 0. The summed E-state index contributed by atoms with van der Waals surface area (Å²) in [6, 6.07) is 9.43. The Kier molecular flexibility index (Phi) is 7.97. The highest BCUT2D eigenvalue weighted by molar-refractivity contribution is 5.73. The lowest BCUT2D eigenvalue weighted by Crippen LogP contribution is -2.11. The highest BCUT2D eigenvalue weighted by atomic mass is 16.5. The van der Waals surface area contributed by atoms with Crippen molar-refractivity contribution < 1.29 is 19.4 Å². The maximum Gasteiger partial charge on any atom is 0.315 e. The molecular weight excluding hydrogens is 256 g/mol. The second-order valence-electron chi connectivity index (χ2n) is 5.45. The van der Waals surface area contributed by atoms with Gasteiger partial charge in [-0.05, 0) is 11.0 Å². The molecule has 1 aromatic rings. The lowest BCUT2D eigenvalue weighted by molar-refractivity contribution is -0.139. The van der Waals surface area contributed by atoms with Crippen LogP contribution in [0.15, 0.2) is 43.2 Å². The van der Waals surface area contributed by atoms with Gasteiger partial charge in [-0.3, -0.25) is 9.59 Å². The first-order valence-electron chi connectivity index (χ1n) is 6.30. The minimum atomic E-state index is -0.725. The van der Waals surface area contributed by atoms with Gasteiger partial charge in [-0.25, -0.2) is 0 Å². The number of carboxylic acids is 1. The zero-order valence-corrected chi connectivity index (χ0v) is 12.3. The average Bonchev–Trinajstić information content (AvgIpc) is 2.27. The Bertz CT molecular complexity index is 430. The zero-order valence-electron chi connectivity index (χ0n) is 12.3. The molecule has 0 saturated heterocycles. The van der Waals surface area contributed by atoms with Gasteiger partial charge in [0.2, 0.25) is 0 Å². The van der Waals surface area contributed by atoms with E-state index in [1.807, 2.05) is 51.1 Å². The number of carbonyl (C=O) groups is 2. The van der Waals surface area contributed by atoms with E-state index in [4.69, 9.17) is 5.11 Å². The van der Waals surface area contributed by atoms with Crippen molar-refractivity contribution in [3.05, 3.63) is 48.7 Å².